The molecule has 2 aromatic carbocycles. The maximum Gasteiger partial charge on any atom is 0.335 e. The number of carboxylic acids is 1. The van der Waals surface area contributed by atoms with Gasteiger partial charge < -0.3 is 15.2 Å². The van der Waals surface area contributed by atoms with E-state index in [9.17, 15) is 9.59 Å². The monoisotopic (exact) mass is 367 g/mol. The van der Waals surface area contributed by atoms with E-state index in [2.05, 4.69) is 5.32 Å². The van der Waals surface area contributed by atoms with E-state index in [1.807, 2.05) is 0 Å². The number of anilines is 1. The molecule has 0 unspecified atom stereocenters. The van der Waals surface area contributed by atoms with E-state index in [1.54, 1.807) is 26.0 Å². The predicted molar refractivity (Wildman–Crippen MR) is 93.5 cm³/mol. The summed E-state index contributed by atoms with van der Waals surface area (Å²) in [5.74, 6) is -1.11. The van der Waals surface area contributed by atoms with Gasteiger partial charge >= 0.3 is 5.97 Å². The van der Waals surface area contributed by atoms with Crippen LogP contribution in [0, 0.1) is 13.8 Å². The molecule has 0 aliphatic heterocycles. The summed E-state index contributed by atoms with van der Waals surface area (Å²) < 4.78 is 5.46. The van der Waals surface area contributed by atoms with E-state index >= 15 is 0 Å². The molecule has 0 bridgehead atoms. The SMILES string of the molecule is Cc1ccc(C(=O)O)cc1NC(=O)COc1c(C)cc(Cl)cc1Cl. The highest BCUT2D eigenvalue weighted by Crippen LogP contribution is 2.31. The lowest BCUT2D eigenvalue weighted by Gasteiger charge is -2.13. The number of rotatable bonds is 5. The molecule has 0 spiro atoms. The molecule has 5 nitrogen and oxygen atoms in total. The minimum Gasteiger partial charge on any atom is -0.482 e. The fraction of sp³-hybridized carbons (Fsp3) is 0.176. The van der Waals surface area contributed by atoms with Crippen LogP contribution in [0.5, 0.6) is 5.75 Å². The van der Waals surface area contributed by atoms with Crippen molar-refractivity contribution in [3.8, 4) is 5.75 Å². The van der Waals surface area contributed by atoms with E-state index in [0.29, 0.717) is 27.0 Å². The van der Waals surface area contributed by atoms with Crippen LogP contribution in [0.1, 0.15) is 21.5 Å². The Morgan fingerprint density at radius 2 is 1.83 bits per heavy atom. The molecule has 0 saturated heterocycles. The van der Waals surface area contributed by atoms with Crippen molar-refractivity contribution >= 4 is 40.8 Å². The maximum absolute atomic E-state index is 12.1. The van der Waals surface area contributed by atoms with Gasteiger partial charge in [0.1, 0.15) is 5.75 Å². The molecular formula is C17H15Cl2NO4. The van der Waals surface area contributed by atoms with Crippen LogP contribution in [-0.4, -0.2) is 23.6 Å². The van der Waals surface area contributed by atoms with Crippen LogP contribution in [0.25, 0.3) is 0 Å². The van der Waals surface area contributed by atoms with Crippen LogP contribution in [0.4, 0.5) is 5.69 Å². The van der Waals surface area contributed by atoms with Crippen molar-refractivity contribution < 1.29 is 19.4 Å². The molecule has 126 valence electrons. The maximum atomic E-state index is 12.1. The molecule has 0 radical (unpaired) electrons. The lowest BCUT2D eigenvalue weighted by atomic mass is 10.1. The first kappa shape index (κ1) is 18.1. The lowest BCUT2D eigenvalue weighted by molar-refractivity contribution is -0.118. The molecule has 0 aliphatic carbocycles. The van der Waals surface area contributed by atoms with Crippen molar-refractivity contribution in [2.45, 2.75) is 13.8 Å². The number of carbonyl (C=O) groups is 2. The standard InChI is InChI=1S/C17H15Cl2NO4/c1-9-3-4-11(17(22)23)6-14(9)20-15(21)8-24-16-10(2)5-12(18)7-13(16)19/h3-7H,8H2,1-2H3,(H,20,21)(H,22,23). The molecule has 2 rings (SSSR count). The Balaban J connectivity index is 2.07. The highest BCUT2D eigenvalue weighted by molar-refractivity contribution is 6.35. The summed E-state index contributed by atoms with van der Waals surface area (Å²) in [6.07, 6.45) is 0. The molecule has 24 heavy (non-hydrogen) atoms. The van der Waals surface area contributed by atoms with Crippen LogP contribution >= 0.6 is 23.2 Å². The number of aromatic carboxylic acids is 1. The summed E-state index contributed by atoms with van der Waals surface area (Å²) in [4.78, 5) is 23.1. The number of hydrogen-bond acceptors (Lipinski definition) is 3. The van der Waals surface area contributed by atoms with E-state index in [4.69, 9.17) is 33.0 Å². The number of halogens is 2. The minimum absolute atomic E-state index is 0.0911. The van der Waals surface area contributed by atoms with Gasteiger partial charge in [0.05, 0.1) is 10.6 Å². The number of nitrogens with one attached hydrogen (secondary N) is 1. The molecule has 0 saturated carbocycles. The Bertz CT molecular complexity index is 782. The Hall–Kier alpha value is -2.24. The van der Waals surface area contributed by atoms with Crippen LogP contribution < -0.4 is 10.1 Å². The summed E-state index contributed by atoms with van der Waals surface area (Å²) in [5, 5.41) is 12.4. The highest BCUT2D eigenvalue weighted by atomic mass is 35.5. The van der Waals surface area contributed by atoms with Gasteiger partial charge in [0.25, 0.3) is 5.91 Å². The number of carbonyl (C=O) groups excluding carboxylic acids is 1. The normalized spacial score (nSPS) is 10.3. The summed E-state index contributed by atoms with van der Waals surface area (Å²) >= 11 is 11.9. The van der Waals surface area contributed by atoms with Gasteiger partial charge in [-0.05, 0) is 49.2 Å². The topological polar surface area (TPSA) is 75.6 Å². The summed E-state index contributed by atoms with van der Waals surface area (Å²) in [7, 11) is 0. The number of amides is 1. The molecule has 0 heterocycles. The van der Waals surface area contributed by atoms with Crippen molar-refractivity contribution in [1.29, 1.82) is 0 Å². The van der Waals surface area contributed by atoms with Crippen LogP contribution in [0.2, 0.25) is 10.0 Å². The summed E-state index contributed by atoms with van der Waals surface area (Å²) in [5.41, 5.74) is 1.97. The largest absolute Gasteiger partial charge is 0.482 e. The van der Waals surface area contributed by atoms with Crippen LogP contribution in [-0.2, 0) is 4.79 Å². The molecule has 7 heteroatoms. The van der Waals surface area contributed by atoms with Crippen molar-refractivity contribution in [3.63, 3.8) is 0 Å². The zero-order valence-corrected chi connectivity index (χ0v) is 14.5. The van der Waals surface area contributed by atoms with Crippen molar-refractivity contribution in [1.82, 2.24) is 0 Å². The minimum atomic E-state index is -1.06. The van der Waals surface area contributed by atoms with E-state index in [-0.39, 0.29) is 12.2 Å². The third kappa shape index (κ3) is 4.40. The van der Waals surface area contributed by atoms with Gasteiger partial charge in [0.2, 0.25) is 0 Å². The van der Waals surface area contributed by atoms with Crippen molar-refractivity contribution in [2.75, 3.05) is 11.9 Å². The van der Waals surface area contributed by atoms with Gasteiger partial charge in [-0.2, -0.15) is 0 Å². The highest BCUT2D eigenvalue weighted by Gasteiger charge is 2.12. The smallest absolute Gasteiger partial charge is 0.335 e. The quantitative estimate of drug-likeness (QED) is 0.824. The third-order valence-electron chi connectivity index (χ3n) is 3.30. The molecule has 2 aromatic rings. The van der Waals surface area contributed by atoms with E-state index in [0.717, 1.165) is 5.56 Å². The second-order valence-electron chi connectivity index (χ2n) is 5.21. The first-order chi connectivity index (χ1) is 11.3. The van der Waals surface area contributed by atoms with Gasteiger partial charge in [0.15, 0.2) is 6.61 Å². The van der Waals surface area contributed by atoms with Crippen LogP contribution in [0.15, 0.2) is 30.3 Å². The van der Waals surface area contributed by atoms with Crippen molar-refractivity contribution in [2.24, 2.45) is 0 Å². The van der Waals surface area contributed by atoms with Gasteiger partial charge in [-0.3, -0.25) is 4.79 Å². The van der Waals surface area contributed by atoms with Gasteiger partial charge in [0, 0.05) is 10.7 Å². The van der Waals surface area contributed by atoms with E-state index in [1.165, 1.54) is 18.2 Å². The number of carboxylic acid groups (broad SMARTS) is 1. The van der Waals surface area contributed by atoms with E-state index < -0.39 is 11.9 Å². The molecule has 0 fully saturated rings. The zero-order chi connectivity index (χ0) is 17.9. The van der Waals surface area contributed by atoms with Crippen LogP contribution in [0.3, 0.4) is 0 Å². The number of hydrogen-bond donors (Lipinski definition) is 2. The lowest BCUT2D eigenvalue weighted by Crippen LogP contribution is -2.21. The fourth-order valence-electron chi connectivity index (χ4n) is 2.09. The van der Waals surface area contributed by atoms with Gasteiger partial charge in [-0.25, -0.2) is 4.79 Å². The Labute approximate surface area is 149 Å². The average Bonchev–Trinajstić information content (AvgIpc) is 2.48. The first-order valence-electron chi connectivity index (χ1n) is 7.00. The second-order valence-corrected chi connectivity index (χ2v) is 6.05. The molecule has 1 amide bonds. The molecular weight excluding hydrogens is 353 g/mol. The molecule has 0 atom stereocenters. The summed E-state index contributed by atoms with van der Waals surface area (Å²) in [6, 6.07) is 7.71. The second kappa shape index (κ2) is 7.55. The fourth-order valence-corrected chi connectivity index (χ4v) is 2.74. The Morgan fingerprint density at radius 1 is 1.12 bits per heavy atom. The van der Waals surface area contributed by atoms with Gasteiger partial charge in [-0.1, -0.05) is 29.3 Å². The average molecular weight is 368 g/mol. The molecule has 2 N–H and O–H groups in total. The first-order valence-corrected chi connectivity index (χ1v) is 7.75. The van der Waals surface area contributed by atoms with Gasteiger partial charge in [-0.15, -0.1) is 0 Å². The Morgan fingerprint density at radius 3 is 2.46 bits per heavy atom. The Kier molecular flexibility index (Phi) is 5.70. The third-order valence-corrected chi connectivity index (χ3v) is 3.80. The number of benzene rings is 2. The number of ether oxygens (including phenoxy) is 1. The summed E-state index contributed by atoms with van der Waals surface area (Å²) in [6.45, 7) is 3.27. The predicted octanol–water partition coefficient (Wildman–Crippen LogP) is 4.33. The number of aryl methyl sites for hydroxylation is 2. The van der Waals surface area contributed by atoms with Crippen molar-refractivity contribution in [3.05, 3.63) is 57.1 Å². The molecule has 0 aromatic heterocycles. The zero-order valence-electron chi connectivity index (χ0n) is 13.0. The molecule has 0 aliphatic rings.